The van der Waals surface area contributed by atoms with Gasteiger partial charge in [-0.05, 0) is 128 Å². The number of phenols is 2. The Morgan fingerprint density at radius 2 is 1.25 bits per heavy atom. The van der Waals surface area contributed by atoms with Crippen LogP contribution in [0.2, 0.25) is 0 Å². The number of primary amides is 2. The van der Waals surface area contributed by atoms with E-state index < -0.39 is 143 Å². The van der Waals surface area contributed by atoms with Crippen LogP contribution in [0.5, 0.6) is 11.5 Å². The summed E-state index contributed by atoms with van der Waals surface area (Å²) in [5.74, 6) is -7.58. The molecule has 3 heterocycles. The maximum atomic E-state index is 14.5. The van der Waals surface area contributed by atoms with Crippen molar-refractivity contribution in [2.45, 2.75) is 191 Å². The number of rotatable bonds is 41. The van der Waals surface area contributed by atoms with Gasteiger partial charge >= 0.3 is 0 Å². The number of aromatic nitrogens is 2. The summed E-state index contributed by atoms with van der Waals surface area (Å²) < 4.78 is 0. The lowest BCUT2D eigenvalue weighted by atomic mass is 9.85. The molecule has 30 nitrogen and oxygen atoms in total. The molecule has 0 aliphatic carbocycles. The average molecular weight is 1510 g/mol. The number of hydrogen-bond acceptors (Lipinski definition) is 19. The van der Waals surface area contributed by atoms with E-state index in [0.717, 1.165) is 11.1 Å². The smallest absolute Gasteiger partial charge is 0.246 e. The van der Waals surface area contributed by atoms with Crippen molar-refractivity contribution in [1.82, 2.24) is 62.7 Å². The van der Waals surface area contributed by atoms with Gasteiger partial charge < -0.3 is 90.3 Å². The van der Waals surface area contributed by atoms with Crippen molar-refractivity contribution in [2.75, 3.05) is 31.1 Å². The Kier molecular flexibility index (Phi) is 32.6. The Morgan fingerprint density at radius 3 is 1.84 bits per heavy atom. The van der Waals surface area contributed by atoms with Gasteiger partial charge in [0.2, 0.25) is 70.9 Å². The van der Waals surface area contributed by atoms with Crippen molar-refractivity contribution in [1.29, 1.82) is 0 Å². The van der Waals surface area contributed by atoms with Gasteiger partial charge in [-0.15, -0.1) is 0 Å². The van der Waals surface area contributed by atoms with E-state index >= 15 is 0 Å². The molecule has 2 aromatic heterocycles. The van der Waals surface area contributed by atoms with Gasteiger partial charge in [-0.3, -0.25) is 57.5 Å². The second-order valence-corrected chi connectivity index (χ2v) is 30.2. The standard InChI is InChI=1S/C74H103N15O15S2/c1-9-52(67(99)85-57(63(76)96)41-106-40-47-15-10-14-46(33-47)39-105-31-27-59(93)87-62(73(5,6)7)70(102)84-56(35-45-21-25-50(92)26-22-45)71(103)89-30-13-18-58(89)64(77)97)86-72(104)74(8,42(2)3)88-69(101)54(34-44-19-23-49(91)24-20-44)82-61(95)38-80-66(98)53(17-11-28-75)83-68(100)55(81-60(94)32-43(4)90)36-48-37-79-65-51(48)16-12-29-78-65/h10,12,14-16,19-26,29,33,37,42-43,52-58,62,90-92H,9,11,13,17-18,27-28,30-32,34-36,38-41,75H2,1-8H3,(H2,76,96)(H2,77,97)(H,78,79)(H,80,98)(H,81,94)(H,82,95)(H,83,100)(H,84,102)(H,85,99)(H,86,104)(H,87,93)(H,88,101)/t43-,52+,53+,54+,55+,56+,57-,58+,62-,74+/m1/s1. The van der Waals surface area contributed by atoms with Crippen LogP contribution in [0.25, 0.3) is 11.0 Å². The highest BCUT2D eigenvalue weighted by Crippen LogP contribution is 2.26. The highest BCUT2D eigenvalue weighted by molar-refractivity contribution is 7.98. The summed E-state index contributed by atoms with van der Waals surface area (Å²) in [7, 11) is 0. The van der Waals surface area contributed by atoms with Crippen molar-refractivity contribution in [3.8, 4) is 11.5 Å². The molecule has 1 aliphatic heterocycles. The van der Waals surface area contributed by atoms with Gasteiger partial charge in [0.15, 0.2) is 0 Å². The Bertz CT molecular complexity index is 3870. The van der Waals surface area contributed by atoms with E-state index in [-0.39, 0.29) is 87.6 Å². The van der Waals surface area contributed by atoms with Crippen LogP contribution >= 0.6 is 23.5 Å². The molecule has 1 aliphatic rings. The number of H-pyrrole nitrogens is 1. The summed E-state index contributed by atoms with van der Waals surface area (Å²) in [5, 5.41) is 54.9. The third-order valence-corrected chi connectivity index (χ3v) is 20.3. The number of aromatic amines is 1. The number of fused-ring (bicyclic) bond motifs is 1. The van der Waals surface area contributed by atoms with Gasteiger partial charge in [0.25, 0.3) is 0 Å². The minimum atomic E-state index is -1.75. The number of carbonyl (C=O) groups excluding carboxylic acids is 12. The van der Waals surface area contributed by atoms with Crippen LogP contribution in [0.3, 0.4) is 0 Å². The van der Waals surface area contributed by atoms with Crippen LogP contribution in [-0.4, -0.2) is 192 Å². The second-order valence-electron chi connectivity index (χ2n) is 28.1. The number of aromatic hydroxyl groups is 2. The summed E-state index contributed by atoms with van der Waals surface area (Å²) in [6, 6.07) is 13.9. The number of aliphatic hydroxyl groups is 1. The molecule has 0 saturated carbocycles. The number of nitrogens with two attached hydrogens (primary N) is 3. The Morgan fingerprint density at radius 1 is 0.651 bits per heavy atom. The number of nitrogens with one attached hydrogen (secondary N) is 10. The molecule has 6 rings (SSSR count). The molecule has 0 spiro atoms. The number of aliphatic hydroxyl groups excluding tert-OH is 1. The zero-order valence-electron chi connectivity index (χ0n) is 61.2. The molecule has 576 valence electrons. The summed E-state index contributed by atoms with van der Waals surface area (Å²) in [4.78, 5) is 173. The molecular weight excluding hydrogens is 1400 g/mol. The van der Waals surface area contributed by atoms with Crippen LogP contribution in [0, 0.1) is 11.3 Å². The fourth-order valence-corrected chi connectivity index (χ4v) is 13.7. The van der Waals surface area contributed by atoms with Gasteiger partial charge in [-0.2, -0.15) is 23.5 Å². The van der Waals surface area contributed by atoms with Gasteiger partial charge in [0, 0.05) is 73.0 Å². The summed E-state index contributed by atoms with van der Waals surface area (Å²) in [6.07, 6.45) is 3.13. The first-order chi connectivity index (χ1) is 50.2. The van der Waals surface area contributed by atoms with E-state index in [9.17, 15) is 72.9 Å². The average Bonchev–Trinajstić information content (AvgIpc) is 1.32. The third-order valence-electron chi connectivity index (χ3n) is 18.1. The molecule has 32 heteroatoms. The van der Waals surface area contributed by atoms with Gasteiger partial charge in [0.1, 0.15) is 71.0 Å². The van der Waals surface area contributed by atoms with Crippen molar-refractivity contribution < 1.29 is 72.9 Å². The van der Waals surface area contributed by atoms with Crippen LogP contribution < -0.4 is 65.1 Å². The minimum Gasteiger partial charge on any atom is -0.508 e. The lowest BCUT2D eigenvalue weighted by Crippen LogP contribution is -2.65. The SMILES string of the molecule is CC[C@H](NC(=O)[C@@](C)(NC(=O)[C@H](Cc1ccc(O)cc1)NC(=O)CNC(=O)[C@H](CCCN)NC(=O)[C@H](Cc1c[nH]c2ncccc12)NC(=O)C[C@@H](C)O)C(C)C)C(=O)N[C@H](CSCc1cccc(CSCCC(=O)N[C@H](C(=O)N[C@@H](Cc2ccc(O)cc2)C(=O)N2CCC[C@H]2C(N)=O)C(C)(C)C)c1)C(N)=O. The summed E-state index contributed by atoms with van der Waals surface area (Å²) in [6.45, 7) is 12.9. The highest BCUT2D eigenvalue weighted by atomic mass is 32.2. The van der Waals surface area contributed by atoms with E-state index in [2.05, 4.69) is 57.8 Å². The number of phenolic OH excluding ortho intramolecular Hbond substituents is 2. The first kappa shape index (κ1) is 85.1. The first-order valence-electron chi connectivity index (χ1n) is 35.4. The van der Waals surface area contributed by atoms with Crippen LogP contribution in [0.1, 0.15) is 128 Å². The van der Waals surface area contributed by atoms with Crippen LogP contribution in [0.15, 0.2) is 97.3 Å². The Labute approximate surface area is 625 Å². The molecule has 1 fully saturated rings. The molecule has 12 amide bonds. The predicted molar refractivity (Wildman–Crippen MR) is 402 cm³/mol. The molecule has 3 aromatic carbocycles. The molecule has 106 heavy (non-hydrogen) atoms. The number of thioether (sulfide) groups is 2. The summed E-state index contributed by atoms with van der Waals surface area (Å²) in [5.41, 5.74) is 18.9. The Hall–Kier alpha value is -9.79. The number of carbonyl (C=O) groups is 12. The topological polar surface area (TPSA) is 484 Å². The number of likely N-dealkylation sites (tertiary alicyclic amines) is 1. The second kappa shape index (κ2) is 40.6. The molecule has 0 unspecified atom stereocenters. The molecule has 0 radical (unpaired) electrons. The van der Waals surface area contributed by atoms with Gasteiger partial charge in [-0.25, -0.2) is 4.98 Å². The zero-order chi connectivity index (χ0) is 78.0. The minimum absolute atomic E-state index is 0.0237. The van der Waals surface area contributed by atoms with E-state index in [1.165, 1.54) is 78.7 Å². The predicted octanol–water partition coefficient (Wildman–Crippen LogP) is 1.53. The quantitative estimate of drug-likeness (QED) is 0.0247. The van der Waals surface area contributed by atoms with Crippen molar-refractivity contribution in [2.24, 2.45) is 28.5 Å². The molecule has 0 bridgehead atoms. The van der Waals surface area contributed by atoms with Gasteiger partial charge in [-0.1, -0.05) is 90.1 Å². The van der Waals surface area contributed by atoms with E-state index in [1.54, 1.807) is 78.2 Å². The maximum absolute atomic E-state index is 14.5. The fraction of sp³-hybridized carbons (Fsp3) is 0.500. The zero-order valence-corrected chi connectivity index (χ0v) is 62.8. The molecule has 1 saturated heterocycles. The molecular formula is C74H103N15O15S2. The largest absolute Gasteiger partial charge is 0.508 e. The first-order valence-corrected chi connectivity index (χ1v) is 37.7. The number of pyridine rings is 1. The third kappa shape index (κ3) is 26.1. The molecule has 10 atom stereocenters. The summed E-state index contributed by atoms with van der Waals surface area (Å²) >= 11 is 2.82. The van der Waals surface area contributed by atoms with Crippen LogP contribution in [0.4, 0.5) is 0 Å². The van der Waals surface area contributed by atoms with Gasteiger partial charge in [0.05, 0.1) is 19.1 Å². The number of nitrogens with zero attached hydrogens (tertiary/aromatic N) is 2. The number of benzene rings is 3. The molecule has 19 N–H and O–H groups in total. The Balaban J connectivity index is 1.01. The maximum Gasteiger partial charge on any atom is 0.246 e. The number of hydrogen-bond donors (Lipinski definition) is 16. The van der Waals surface area contributed by atoms with Crippen molar-refractivity contribution in [3.63, 3.8) is 0 Å². The normalized spacial score (nSPS) is 15.7. The van der Waals surface area contributed by atoms with Crippen molar-refractivity contribution in [3.05, 3.63) is 125 Å². The lowest BCUT2D eigenvalue weighted by Gasteiger charge is -2.36. The fourth-order valence-electron chi connectivity index (χ4n) is 11.8. The monoisotopic (exact) mass is 1510 g/mol. The van der Waals surface area contributed by atoms with E-state index in [1.807, 2.05) is 24.3 Å². The highest BCUT2D eigenvalue weighted by Gasteiger charge is 2.43. The van der Waals surface area contributed by atoms with Crippen molar-refractivity contribution >= 4 is 105 Å². The lowest BCUT2D eigenvalue weighted by molar-refractivity contribution is -0.141. The molecule has 5 aromatic rings. The van der Waals surface area contributed by atoms with E-state index in [4.69, 9.17) is 17.2 Å². The number of amides is 12. The van der Waals surface area contributed by atoms with E-state index in [0.29, 0.717) is 57.8 Å². The van der Waals surface area contributed by atoms with Crippen LogP contribution in [-0.2, 0) is 88.3 Å².